The highest BCUT2D eigenvalue weighted by atomic mass is 19.1. The van der Waals surface area contributed by atoms with Gasteiger partial charge in [0.25, 0.3) is 0 Å². The third-order valence-electron chi connectivity index (χ3n) is 4.50. The largest absolute Gasteiger partial charge is 0.488 e. The fourth-order valence-corrected chi connectivity index (χ4v) is 3.03. The maximum atomic E-state index is 13.4. The highest BCUT2D eigenvalue weighted by Gasteiger charge is 2.18. The molecule has 2 N–H and O–H groups in total. The second kappa shape index (κ2) is 10.1. The molecule has 1 heterocycles. The molecule has 1 unspecified atom stereocenters. The minimum atomic E-state index is -0.247. The highest BCUT2D eigenvalue weighted by molar-refractivity contribution is 5.79. The number of nitrogens with zero attached hydrogens (tertiary/aromatic N) is 1. The van der Waals surface area contributed by atoms with Crippen LogP contribution in [0.5, 0.6) is 5.75 Å². The smallest absolute Gasteiger partial charge is 0.191 e. The maximum Gasteiger partial charge on any atom is 0.191 e. The van der Waals surface area contributed by atoms with Gasteiger partial charge in [-0.3, -0.25) is 0 Å². The maximum absolute atomic E-state index is 13.4. The van der Waals surface area contributed by atoms with Crippen LogP contribution in [0.1, 0.15) is 30.0 Å². The lowest BCUT2D eigenvalue weighted by molar-refractivity contribution is 0.140. The molecule has 6 heteroatoms. The van der Waals surface area contributed by atoms with E-state index < -0.39 is 0 Å². The number of ether oxygens (including phenoxy) is 2. The molecule has 0 aliphatic carbocycles. The molecule has 3 rings (SSSR count). The zero-order valence-electron chi connectivity index (χ0n) is 16.5. The van der Waals surface area contributed by atoms with Gasteiger partial charge in [0.15, 0.2) is 5.96 Å². The van der Waals surface area contributed by atoms with Crippen LogP contribution in [0.2, 0.25) is 0 Å². The SMILES string of the molecule is CCNC(=NCc1cccc(F)c1)NCc1ccc(C)cc1OC1CCOC1. The summed E-state index contributed by atoms with van der Waals surface area (Å²) < 4.78 is 24.9. The average molecular weight is 385 g/mol. The lowest BCUT2D eigenvalue weighted by Crippen LogP contribution is -2.37. The fraction of sp³-hybridized carbons (Fsp3) is 0.409. The van der Waals surface area contributed by atoms with E-state index in [4.69, 9.17) is 9.47 Å². The summed E-state index contributed by atoms with van der Waals surface area (Å²) >= 11 is 0. The zero-order valence-corrected chi connectivity index (χ0v) is 16.5. The Balaban J connectivity index is 1.66. The summed E-state index contributed by atoms with van der Waals surface area (Å²) in [5.41, 5.74) is 3.05. The predicted octanol–water partition coefficient (Wildman–Crippen LogP) is 3.56. The van der Waals surface area contributed by atoms with Crippen LogP contribution in [0.15, 0.2) is 47.5 Å². The number of hydrogen-bond acceptors (Lipinski definition) is 3. The van der Waals surface area contributed by atoms with E-state index in [1.54, 1.807) is 6.07 Å². The molecule has 2 aromatic rings. The predicted molar refractivity (Wildman–Crippen MR) is 109 cm³/mol. The summed E-state index contributed by atoms with van der Waals surface area (Å²) in [6.45, 7) is 7.19. The molecule has 2 aromatic carbocycles. The molecule has 0 bridgehead atoms. The molecule has 0 aromatic heterocycles. The number of halogens is 1. The van der Waals surface area contributed by atoms with E-state index in [1.807, 2.05) is 13.0 Å². The molecule has 1 aliphatic rings. The lowest BCUT2D eigenvalue weighted by atomic mass is 10.1. The minimum absolute atomic E-state index is 0.107. The van der Waals surface area contributed by atoms with E-state index in [2.05, 4.69) is 40.7 Å². The Morgan fingerprint density at radius 3 is 2.89 bits per heavy atom. The summed E-state index contributed by atoms with van der Waals surface area (Å²) in [5.74, 6) is 1.31. The molecule has 0 radical (unpaired) electrons. The quantitative estimate of drug-likeness (QED) is 0.565. The standard InChI is InChI=1S/C22H28FN3O2/c1-3-24-22(25-13-17-5-4-6-19(23)12-17)26-14-18-8-7-16(2)11-21(18)28-20-9-10-27-15-20/h4-8,11-12,20H,3,9-10,13-15H2,1-2H3,(H2,24,25,26). The van der Waals surface area contributed by atoms with Gasteiger partial charge >= 0.3 is 0 Å². The monoisotopic (exact) mass is 385 g/mol. The summed E-state index contributed by atoms with van der Waals surface area (Å²) in [6.07, 6.45) is 1.02. The third-order valence-corrected chi connectivity index (χ3v) is 4.50. The number of benzene rings is 2. The van der Waals surface area contributed by atoms with Crippen molar-refractivity contribution in [1.82, 2.24) is 10.6 Å². The minimum Gasteiger partial charge on any atom is -0.488 e. The number of aliphatic imine (C=N–C) groups is 1. The van der Waals surface area contributed by atoms with Gasteiger partial charge in [0.1, 0.15) is 17.7 Å². The van der Waals surface area contributed by atoms with Crippen molar-refractivity contribution in [2.75, 3.05) is 19.8 Å². The van der Waals surface area contributed by atoms with Crippen LogP contribution in [0.25, 0.3) is 0 Å². The molecule has 28 heavy (non-hydrogen) atoms. The number of aryl methyl sites for hydroxylation is 1. The van der Waals surface area contributed by atoms with Crippen molar-refractivity contribution in [3.63, 3.8) is 0 Å². The average Bonchev–Trinajstić information content (AvgIpc) is 3.18. The van der Waals surface area contributed by atoms with Crippen LogP contribution in [0, 0.1) is 12.7 Å². The Kier molecular flexibility index (Phi) is 7.25. The van der Waals surface area contributed by atoms with Gasteiger partial charge < -0.3 is 20.1 Å². The van der Waals surface area contributed by atoms with Crippen LogP contribution >= 0.6 is 0 Å². The van der Waals surface area contributed by atoms with E-state index >= 15 is 0 Å². The van der Waals surface area contributed by atoms with Crippen molar-refractivity contribution >= 4 is 5.96 Å². The fourth-order valence-electron chi connectivity index (χ4n) is 3.03. The molecule has 5 nitrogen and oxygen atoms in total. The van der Waals surface area contributed by atoms with Crippen molar-refractivity contribution in [1.29, 1.82) is 0 Å². The summed E-state index contributed by atoms with van der Waals surface area (Å²) in [6, 6.07) is 12.7. The Bertz CT molecular complexity index is 804. The first-order chi connectivity index (χ1) is 13.6. The van der Waals surface area contributed by atoms with E-state index in [0.29, 0.717) is 25.7 Å². The normalized spacial score (nSPS) is 16.8. The Morgan fingerprint density at radius 2 is 2.14 bits per heavy atom. The van der Waals surface area contributed by atoms with Crippen LogP contribution in [-0.4, -0.2) is 31.8 Å². The van der Waals surface area contributed by atoms with Crippen molar-refractivity contribution in [3.05, 3.63) is 65.0 Å². The second-order valence-corrected chi connectivity index (χ2v) is 6.89. The molecule has 1 atom stereocenters. The van der Waals surface area contributed by atoms with Gasteiger partial charge in [0.05, 0.1) is 19.8 Å². The third kappa shape index (κ3) is 5.96. The number of hydrogen-bond donors (Lipinski definition) is 2. The van der Waals surface area contributed by atoms with Gasteiger partial charge in [0.2, 0.25) is 0 Å². The van der Waals surface area contributed by atoms with Crippen molar-refractivity contribution < 1.29 is 13.9 Å². The van der Waals surface area contributed by atoms with Gasteiger partial charge in [-0.1, -0.05) is 24.3 Å². The first-order valence-electron chi connectivity index (χ1n) is 9.74. The number of nitrogens with one attached hydrogen (secondary N) is 2. The lowest BCUT2D eigenvalue weighted by Gasteiger charge is -2.18. The van der Waals surface area contributed by atoms with Gasteiger partial charge in [-0.2, -0.15) is 0 Å². The molecule has 150 valence electrons. The first kappa shape index (κ1) is 20.1. The van der Waals surface area contributed by atoms with Crippen molar-refractivity contribution in [2.24, 2.45) is 4.99 Å². The Labute approximate surface area is 166 Å². The van der Waals surface area contributed by atoms with Crippen LogP contribution < -0.4 is 15.4 Å². The van der Waals surface area contributed by atoms with Gasteiger partial charge in [0, 0.05) is 25.1 Å². The summed E-state index contributed by atoms with van der Waals surface area (Å²) in [7, 11) is 0. The van der Waals surface area contributed by atoms with E-state index in [-0.39, 0.29) is 11.9 Å². The second-order valence-electron chi connectivity index (χ2n) is 6.89. The summed E-state index contributed by atoms with van der Waals surface area (Å²) in [5, 5.41) is 6.57. The molecular formula is C22H28FN3O2. The van der Waals surface area contributed by atoms with Crippen LogP contribution in [0.3, 0.4) is 0 Å². The summed E-state index contributed by atoms with van der Waals surface area (Å²) in [4.78, 5) is 4.56. The molecule has 1 fully saturated rings. The van der Waals surface area contributed by atoms with Crippen molar-refractivity contribution in [2.45, 2.75) is 39.5 Å². The first-order valence-corrected chi connectivity index (χ1v) is 9.74. The van der Waals surface area contributed by atoms with E-state index in [0.717, 1.165) is 42.0 Å². The Hall–Kier alpha value is -2.60. The Morgan fingerprint density at radius 1 is 1.25 bits per heavy atom. The van der Waals surface area contributed by atoms with E-state index in [9.17, 15) is 4.39 Å². The topological polar surface area (TPSA) is 54.9 Å². The molecule has 1 aliphatic heterocycles. The number of guanidine groups is 1. The van der Waals surface area contributed by atoms with Gasteiger partial charge in [-0.05, 0) is 43.2 Å². The van der Waals surface area contributed by atoms with Gasteiger partial charge in [-0.15, -0.1) is 0 Å². The molecule has 0 spiro atoms. The molecular weight excluding hydrogens is 357 g/mol. The van der Waals surface area contributed by atoms with Crippen molar-refractivity contribution in [3.8, 4) is 5.75 Å². The number of rotatable bonds is 7. The molecule has 1 saturated heterocycles. The highest BCUT2D eigenvalue weighted by Crippen LogP contribution is 2.23. The van der Waals surface area contributed by atoms with Crippen LogP contribution in [-0.2, 0) is 17.8 Å². The molecule has 0 amide bonds. The zero-order chi connectivity index (χ0) is 19.8. The molecule has 0 saturated carbocycles. The van der Waals surface area contributed by atoms with Gasteiger partial charge in [-0.25, -0.2) is 9.38 Å². The van der Waals surface area contributed by atoms with Crippen LogP contribution in [0.4, 0.5) is 4.39 Å². The van der Waals surface area contributed by atoms with E-state index in [1.165, 1.54) is 12.1 Å².